The molecule has 8 rings (SSSR count). The van der Waals surface area contributed by atoms with E-state index < -0.39 is 0 Å². The Bertz CT molecular complexity index is 1840. The van der Waals surface area contributed by atoms with E-state index in [1.807, 2.05) is 45.3 Å². The van der Waals surface area contributed by atoms with E-state index in [0.29, 0.717) is 0 Å². The van der Waals surface area contributed by atoms with Crippen molar-refractivity contribution in [3.8, 4) is 11.1 Å². The van der Waals surface area contributed by atoms with Crippen molar-refractivity contribution in [3.05, 3.63) is 83.6 Å². The SMILES string of the molecule is c1cc2cc3c(cc2s1)sc1cc(-c2ccc4c(c2)sc2cc5sccc5cc24)ccc13. The van der Waals surface area contributed by atoms with E-state index in [1.165, 1.54) is 71.6 Å². The maximum Gasteiger partial charge on any atom is 0.0369 e. The Balaban J connectivity index is 1.31. The number of hydrogen-bond donors (Lipinski definition) is 0. The first kappa shape index (κ1) is 17.8. The molecule has 0 nitrogen and oxygen atoms in total. The molecule has 0 N–H and O–H groups in total. The highest BCUT2D eigenvalue weighted by molar-refractivity contribution is 7.27. The quantitative estimate of drug-likeness (QED) is 0.220. The molecule has 150 valence electrons. The molecule has 4 aromatic heterocycles. The molecule has 0 saturated heterocycles. The van der Waals surface area contributed by atoms with Gasteiger partial charge in [0.2, 0.25) is 0 Å². The predicted octanol–water partition coefficient (Wildman–Crippen LogP) is 10.5. The van der Waals surface area contributed by atoms with Crippen molar-refractivity contribution in [1.82, 2.24) is 0 Å². The summed E-state index contributed by atoms with van der Waals surface area (Å²) in [6.07, 6.45) is 0. The van der Waals surface area contributed by atoms with Gasteiger partial charge in [-0.1, -0.05) is 24.3 Å². The molecule has 0 aliphatic carbocycles. The van der Waals surface area contributed by atoms with Gasteiger partial charge in [0.1, 0.15) is 0 Å². The zero-order valence-corrected chi connectivity index (χ0v) is 20.0. The minimum absolute atomic E-state index is 1.30. The number of thiophene rings is 4. The molecule has 32 heavy (non-hydrogen) atoms. The van der Waals surface area contributed by atoms with Crippen LogP contribution in [0, 0.1) is 0 Å². The Morgan fingerprint density at radius 1 is 0.375 bits per heavy atom. The topological polar surface area (TPSA) is 0 Å². The van der Waals surface area contributed by atoms with Crippen molar-refractivity contribution >= 4 is 106 Å². The van der Waals surface area contributed by atoms with Gasteiger partial charge in [0.15, 0.2) is 0 Å². The average molecular weight is 479 g/mol. The summed E-state index contributed by atoms with van der Waals surface area (Å²) in [5.74, 6) is 0. The fourth-order valence-corrected chi connectivity index (χ4v) is 8.93. The van der Waals surface area contributed by atoms with Crippen molar-refractivity contribution in [2.45, 2.75) is 0 Å². The van der Waals surface area contributed by atoms with Crippen LogP contribution in [0.25, 0.3) is 71.6 Å². The summed E-state index contributed by atoms with van der Waals surface area (Å²) < 4.78 is 8.25. The molecular weight excluding hydrogens is 465 g/mol. The first-order valence-electron chi connectivity index (χ1n) is 10.5. The second kappa shape index (κ2) is 6.40. The second-order valence-corrected chi connectivity index (χ2v) is 12.3. The van der Waals surface area contributed by atoms with Gasteiger partial charge < -0.3 is 0 Å². The number of benzene rings is 4. The lowest BCUT2D eigenvalue weighted by molar-refractivity contribution is 1.73. The van der Waals surface area contributed by atoms with Gasteiger partial charge in [-0.15, -0.1) is 45.3 Å². The van der Waals surface area contributed by atoms with E-state index >= 15 is 0 Å². The van der Waals surface area contributed by atoms with Gasteiger partial charge in [-0.2, -0.15) is 0 Å². The van der Waals surface area contributed by atoms with Crippen molar-refractivity contribution < 1.29 is 0 Å². The minimum atomic E-state index is 1.30. The lowest BCUT2D eigenvalue weighted by Gasteiger charge is -2.03. The van der Waals surface area contributed by atoms with Crippen molar-refractivity contribution in [2.24, 2.45) is 0 Å². The van der Waals surface area contributed by atoms with Crippen molar-refractivity contribution in [1.29, 1.82) is 0 Å². The molecule has 0 bridgehead atoms. The van der Waals surface area contributed by atoms with Gasteiger partial charge in [-0.25, -0.2) is 0 Å². The predicted molar refractivity (Wildman–Crippen MR) is 148 cm³/mol. The molecule has 0 aliphatic heterocycles. The standard InChI is InChI=1S/C28H14S4/c1-3-19-21-9-17-5-7-29-23(17)13-27(21)31-25(19)11-15(1)16-2-4-20-22-10-18-6-8-30-24(18)14-28(22)32-26(20)12-16/h1-14H. The highest BCUT2D eigenvalue weighted by atomic mass is 32.1. The first-order valence-corrected chi connectivity index (χ1v) is 13.9. The van der Waals surface area contributed by atoms with Gasteiger partial charge in [0.25, 0.3) is 0 Å². The van der Waals surface area contributed by atoms with Crippen molar-refractivity contribution in [3.63, 3.8) is 0 Å². The third kappa shape index (κ3) is 2.46. The Kier molecular flexibility index (Phi) is 3.55. The van der Waals surface area contributed by atoms with Gasteiger partial charge in [0, 0.05) is 49.7 Å². The molecule has 4 heterocycles. The van der Waals surface area contributed by atoms with Gasteiger partial charge >= 0.3 is 0 Å². The second-order valence-electron chi connectivity index (χ2n) is 8.24. The Morgan fingerprint density at radius 2 is 0.844 bits per heavy atom. The summed E-state index contributed by atoms with van der Waals surface area (Å²) in [7, 11) is 0. The molecule has 0 radical (unpaired) electrons. The van der Waals surface area contributed by atoms with E-state index in [9.17, 15) is 0 Å². The first-order chi connectivity index (χ1) is 15.8. The maximum atomic E-state index is 2.37. The van der Waals surface area contributed by atoms with E-state index in [1.54, 1.807) is 0 Å². The molecule has 0 amide bonds. The van der Waals surface area contributed by atoms with E-state index in [-0.39, 0.29) is 0 Å². The summed E-state index contributed by atoms with van der Waals surface area (Å²) >= 11 is 7.47. The van der Waals surface area contributed by atoms with Crippen LogP contribution < -0.4 is 0 Å². The molecule has 0 spiro atoms. The highest BCUT2D eigenvalue weighted by Crippen LogP contribution is 2.42. The van der Waals surface area contributed by atoms with Crippen LogP contribution in [0.3, 0.4) is 0 Å². The minimum Gasteiger partial charge on any atom is -0.144 e. The molecule has 8 aromatic rings. The Labute approximate surface area is 199 Å². The summed E-state index contributed by atoms with van der Waals surface area (Å²) in [6, 6.07) is 27.8. The molecular formula is C28H14S4. The molecule has 0 aliphatic rings. The molecule has 4 heteroatoms. The number of rotatable bonds is 1. The van der Waals surface area contributed by atoms with Crippen LogP contribution in [-0.4, -0.2) is 0 Å². The van der Waals surface area contributed by atoms with Crippen LogP contribution >= 0.6 is 45.3 Å². The molecule has 0 saturated carbocycles. The Hall–Kier alpha value is -2.76. The van der Waals surface area contributed by atoms with Crippen LogP contribution in [0.5, 0.6) is 0 Å². The van der Waals surface area contributed by atoms with E-state index in [0.717, 1.165) is 0 Å². The lowest BCUT2D eigenvalue weighted by atomic mass is 10.0. The van der Waals surface area contributed by atoms with Crippen molar-refractivity contribution in [2.75, 3.05) is 0 Å². The normalized spacial score (nSPS) is 12.4. The molecule has 0 unspecified atom stereocenters. The Morgan fingerprint density at radius 3 is 1.34 bits per heavy atom. The molecule has 4 aromatic carbocycles. The zero-order valence-electron chi connectivity index (χ0n) is 16.7. The van der Waals surface area contributed by atoms with E-state index in [4.69, 9.17) is 0 Å². The lowest BCUT2D eigenvalue weighted by Crippen LogP contribution is -1.77. The third-order valence-electron chi connectivity index (χ3n) is 6.43. The molecule has 0 fully saturated rings. The fraction of sp³-hybridized carbons (Fsp3) is 0. The van der Waals surface area contributed by atoms with Crippen LogP contribution in [-0.2, 0) is 0 Å². The summed E-state index contributed by atoms with van der Waals surface area (Å²) in [4.78, 5) is 0. The summed E-state index contributed by atoms with van der Waals surface area (Å²) in [5, 5.41) is 12.5. The zero-order chi connectivity index (χ0) is 20.8. The average Bonchev–Trinajstić information content (AvgIpc) is 3.58. The van der Waals surface area contributed by atoms with Crippen LogP contribution in [0.2, 0.25) is 0 Å². The monoisotopic (exact) mass is 478 g/mol. The van der Waals surface area contributed by atoms with Gasteiger partial charge in [0.05, 0.1) is 0 Å². The highest BCUT2D eigenvalue weighted by Gasteiger charge is 2.11. The fourth-order valence-electron chi connectivity index (χ4n) is 4.83. The number of hydrogen-bond acceptors (Lipinski definition) is 4. The summed E-state index contributed by atoms with van der Waals surface area (Å²) in [5.41, 5.74) is 2.59. The smallest absolute Gasteiger partial charge is 0.0369 e. The van der Waals surface area contributed by atoms with Gasteiger partial charge in [-0.05, 0) is 81.2 Å². The third-order valence-corrected chi connectivity index (χ3v) is 10.4. The maximum absolute atomic E-state index is 2.37. The molecule has 0 atom stereocenters. The van der Waals surface area contributed by atoms with Crippen LogP contribution in [0.4, 0.5) is 0 Å². The summed E-state index contributed by atoms with van der Waals surface area (Å²) in [6.45, 7) is 0. The van der Waals surface area contributed by atoms with Gasteiger partial charge in [-0.3, -0.25) is 0 Å². The van der Waals surface area contributed by atoms with E-state index in [2.05, 4.69) is 83.6 Å². The van der Waals surface area contributed by atoms with Crippen LogP contribution in [0.15, 0.2) is 83.6 Å². The number of fused-ring (bicyclic) bond motifs is 8. The largest absolute Gasteiger partial charge is 0.144 e. The van der Waals surface area contributed by atoms with Crippen LogP contribution in [0.1, 0.15) is 0 Å².